The summed E-state index contributed by atoms with van der Waals surface area (Å²) in [4.78, 5) is 38.8. The molecule has 1 unspecified atom stereocenters. The lowest BCUT2D eigenvalue weighted by Gasteiger charge is -2.19. The topological polar surface area (TPSA) is 72.5 Å². The van der Waals surface area contributed by atoms with Crippen LogP contribution in [-0.4, -0.2) is 24.3 Å². The number of hydrogen-bond donors (Lipinski definition) is 1. The number of carbonyl (C=O) groups is 3. The zero-order valence-corrected chi connectivity index (χ0v) is 17.8. The van der Waals surface area contributed by atoms with Gasteiger partial charge in [-0.3, -0.25) is 14.4 Å². The largest absolute Gasteiger partial charge is 0.457 e. The van der Waals surface area contributed by atoms with Gasteiger partial charge in [-0.15, -0.1) is 11.3 Å². The molecule has 2 aromatic carbocycles. The molecule has 0 saturated carbocycles. The zero-order chi connectivity index (χ0) is 21.5. The number of thiophene rings is 1. The summed E-state index contributed by atoms with van der Waals surface area (Å²) >= 11 is 7.47. The summed E-state index contributed by atoms with van der Waals surface area (Å²) < 4.78 is 5.17. The van der Waals surface area contributed by atoms with Crippen molar-refractivity contribution < 1.29 is 19.1 Å². The fourth-order valence-electron chi connectivity index (χ4n) is 2.85. The normalized spacial score (nSPS) is 11.5. The average molecular weight is 442 g/mol. The first kappa shape index (κ1) is 21.7. The minimum Gasteiger partial charge on any atom is -0.457 e. The molecule has 7 heteroatoms. The Morgan fingerprint density at radius 1 is 1.00 bits per heavy atom. The van der Waals surface area contributed by atoms with E-state index in [4.69, 9.17) is 16.3 Å². The molecule has 30 heavy (non-hydrogen) atoms. The molecule has 0 bridgehead atoms. The lowest BCUT2D eigenvalue weighted by molar-refractivity contribution is -0.143. The quantitative estimate of drug-likeness (QED) is 0.394. The third-order valence-electron chi connectivity index (χ3n) is 4.38. The second-order valence-corrected chi connectivity index (χ2v) is 8.31. The van der Waals surface area contributed by atoms with Gasteiger partial charge in [-0.05, 0) is 36.8 Å². The summed E-state index contributed by atoms with van der Waals surface area (Å²) in [6, 6.07) is 18.7. The van der Waals surface area contributed by atoms with Crippen LogP contribution in [0.15, 0.2) is 66.7 Å². The van der Waals surface area contributed by atoms with E-state index < -0.39 is 17.9 Å². The lowest BCUT2D eigenvalue weighted by Crippen LogP contribution is -2.31. The van der Waals surface area contributed by atoms with Gasteiger partial charge in [0.15, 0.2) is 6.61 Å². The van der Waals surface area contributed by atoms with Crippen LogP contribution in [-0.2, 0) is 9.53 Å². The third-order valence-corrected chi connectivity index (χ3v) is 5.75. The summed E-state index contributed by atoms with van der Waals surface area (Å²) in [5, 5.41) is 3.16. The maximum Gasteiger partial charge on any atom is 0.308 e. The molecule has 0 fully saturated rings. The van der Waals surface area contributed by atoms with Gasteiger partial charge in [0.05, 0.1) is 27.9 Å². The van der Waals surface area contributed by atoms with E-state index in [9.17, 15) is 14.4 Å². The number of amides is 1. The molecule has 0 aliphatic heterocycles. The van der Waals surface area contributed by atoms with Crippen molar-refractivity contribution in [3.8, 4) is 0 Å². The summed E-state index contributed by atoms with van der Waals surface area (Å²) in [5.41, 5.74) is 1.06. The smallest absolute Gasteiger partial charge is 0.308 e. The Morgan fingerprint density at radius 2 is 1.70 bits per heavy atom. The first-order valence-corrected chi connectivity index (χ1v) is 10.5. The molecule has 1 amide bonds. The number of ketones is 1. The van der Waals surface area contributed by atoms with E-state index in [0.29, 0.717) is 15.5 Å². The molecule has 0 spiro atoms. The maximum atomic E-state index is 12.7. The fraction of sp³-hybridized carbons (Fsp3) is 0.174. The van der Waals surface area contributed by atoms with Gasteiger partial charge < -0.3 is 10.1 Å². The monoisotopic (exact) mass is 441 g/mol. The predicted octanol–water partition coefficient (Wildman–Crippen LogP) is 5.00. The number of nitrogens with one attached hydrogen (secondary N) is 1. The molecule has 1 N–H and O–H groups in total. The van der Waals surface area contributed by atoms with Crippen LogP contribution < -0.4 is 5.32 Å². The van der Waals surface area contributed by atoms with Gasteiger partial charge in [-0.25, -0.2) is 0 Å². The molecular formula is C23H20ClNO4S. The standard InChI is InChI=1S/C23H20ClNO4S/c1-15-11-12-21(30-15)20(26)14-29-22(27)13-19(16-7-3-2-4-8-16)25-23(28)17-9-5-6-10-18(17)24/h2-12,19H,13-14H2,1H3,(H,25,28). The Morgan fingerprint density at radius 3 is 2.37 bits per heavy atom. The van der Waals surface area contributed by atoms with Crippen LogP contribution in [0.5, 0.6) is 0 Å². The number of ether oxygens (including phenoxy) is 1. The first-order valence-electron chi connectivity index (χ1n) is 9.29. The van der Waals surface area contributed by atoms with E-state index in [1.54, 1.807) is 30.3 Å². The molecular weight excluding hydrogens is 422 g/mol. The number of carbonyl (C=O) groups excluding carboxylic acids is 3. The molecule has 0 radical (unpaired) electrons. The van der Waals surface area contributed by atoms with E-state index in [1.807, 2.05) is 43.3 Å². The van der Waals surface area contributed by atoms with Crippen molar-refractivity contribution in [1.29, 1.82) is 0 Å². The van der Waals surface area contributed by atoms with Crippen molar-refractivity contribution >= 4 is 40.6 Å². The maximum absolute atomic E-state index is 12.7. The Kier molecular flexibility index (Phi) is 7.38. The molecule has 5 nitrogen and oxygen atoms in total. The highest BCUT2D eigenvalue weighted by Crippen LogP contribution is 2.21. The summed E-state index contributed by atoms with van der Waals surface area (Å²) in [6.07, 6.45) is -0.114. The molecule has 0 aliphatic carbocycles. The number of aryl methyl sites for hydroxylation is 1. The summed E-state index contributed by atoms with van der Waals surface area (Å²) in [6.45, 7) is 1.57. The Bertz CT molecular complexity index is 1050. The molecule has 154 valence electrons. The third kappa shape index (κ3) is 5.78. The van der Waals surface area contributed by atoms with Crippen LogP contribution in [0.3, 0.4) is 0 Å². The zero-order valence-electron chi connectivity index (χ0n) is 16.3. The Hall–Kier alpha value is -2.96. The molecule has 0 saturated heterocycles. The SMILES string of the molecule is Cc1ccc(C(=O)COC(=O)CC(NC(=O)c2ccccc2Cl)c2ccccc2)s1. The first-order chi connectivity index (χ1) is 14.4. The lowest BCUT2D eigenvalue weighted by atomic mass is 10.0. The van der Waals surface area contributed by atoms with Crippen LogP contribution in [0.4, 0.5) is 0 Å². The van der Waals surface area contributed by atoms with E-state index in [1.165, 1.54) is 11.3 Å². The predicted molar refractivity (Wildman–Crippen MR) is 117 cm³/mol. The van der Waals surface area contributed by atoms with Crippen LogP contribution in [0.1, 0.15) is 42.9 Å². The highest BCUT2D eigenvalue weighted by molar-refractivity contribution is 7.14. The van der Waals surface area contributed by atoms with Gasteiger partial charge in [0.25, 0.3) is 5.91 Å². The summed E-state index contributed by atoms with van der Waals surface area (Å²) in [7, 11) is 0. The number of benzene rings is 2. The van der Waals surface area contributed by atoms with Crippen LogP contribution in [0.2, 0.25) is 5.02 Å². The summed E-state index contributed by atoms with van der Waals surface area (Å²) in [5.74, 6) is -1.23. The van der Waals surface area contributed by atoms with Crippen molar-refractivity contribution in [2.45, 2.75) is 19.4 Å². The van der Waals surface area contributed by atoms with Crippen molar-refractivity contribution in [3.05, 3.63) is 92.6 Å². The minimum absolute atomic E-state index is 0.114. The van der Waals surface area contributed by atoms with Gasteiger partial charge in [-0.1, -0.05) is 54.1 Å². The highest BCUT2D eigenvalue weighted by atomic mass is 35.5. The highest BCUT2D eigenvalue weighted by Gasteiger charge is 2.22. The van der Waals surface area contributed by atoms with Gasteiger partial charge in [0, 0.05) is 4.88 Å². The minimum atomic E-state index is -0.624. The average Bonchev–Trinajstić information content (AvgIpc) is 3.19. The number of rotatable bonds is 8. The van der Waals surface area contributed by atoms with E-state index >= 15 is 0 Å². The molecule has 0 aliphatic rings. The van der Waals surface area contributed by atoms with E-state index in [-0.39, 0.29) is 18.8 Å². The Labute approximate surface area is 183 Å². The molecule has 1 aromatic heterocycles. The van der Waals surface area contributed by atoms with Gasteiger partial charge >= 0.3 is 5.97 Å². The number of esters is 1. The number of Topliss-reactive ketones (excluding diaryl/α,β-unsaturated/α-hetero) is 1. The van der Waals surface area contributed by atoms with Gasteiger partial charge in [-0.2, -0.15) is 0 Å². The van der Waals surface area contributed by atoms with E-state index in [0.717, 1.165) is 10.4 Å². The van der Waals surface area contributed by atoms with Crippen molar-refractivity contribution in [2.75, 3.05) is 6.61 Å². The van der Waals surface area contributed by atoms with Crippen LogP contribution in [0, 0.1) is 6.92 Å². The molecule has 1 atom stereocenters. The second-order valence-electron chi connectivity index (χ2n) is 6.61. The van der Waals surface area contributed by atoms with Crippen LogP contribution >= 0.6 is 22.9 Å². The van der Waals surface area contributed by atoms with E-state index in [2.05, 4.69) is 5.32 Å². The molecule has 3 aromatic rings. The van der Waals surface area contributed by atoms with Crippen molar-refractivity contribution in [2.24, 2.45) is 0 Å². The van der Waals surface area contributed by atoms with Gasteiger partial charge in [0.2, 0.25) is 5.78 Å². The number of hydrogen-bond acceptors (Lipinski definition) is 5. The number of halogens is 1. The molecule has 3 rings (SSSR count). The second kappa shape index (κ2) is 10.2. The van der Waals surface area contributed by atoms with Gasteiger partial charge in [0.1, 0.15) is 0 Å². The Balaban J connectivity index is 1.67. The fourth-order valence-corrected chi connectivity index (χ4v) is 3.86. The van der Waals surface area contributed by atoms with Crippen molar-refractivity contribution in [1.82, 2.24) is 5.32 Å². The van der Waals surface area contributed by atoms with Crippen LogP contribution in [0.25, 0.3) is 0 Å². The van der Waals surface area contributed by atoms with Crippen molar-refractivity contribution in [3.63, 3.8) is 0 Å². The molecule has 1 heterocycles.